The minimum Gasteiger partial charge on any atom is -0.351 e. The summed E-state index contributed by atoms with van der Waals surface area (Å²) in [6.45, 7) is 3.89. The molecular formula is C11H14N4O2. The van der Waals surface area contributed by atoms with Crippen LogP contribution >= 0.6 is 0 Å². The highest BCUT2D eigenvalue weighted by Crippen LogP contribution is 2.13. The van der Waals surface area contributed by atoms with Crippen molar-refractivity contribution in [2.24, 2.45) is 0 Å². The molecule has 6 heteroatoms. The Morgan fingerprint density at radius 2 is 2.47 bits per heavy atom. The fourth-order valence-electron chi connectivity index (χ4n) is 1.54. The molecule has 1 amide bonds. The number of carbonyl (C=O) groups is 1. The van der Waals surface area contributed by atoms with Gasteiger partial charge in [0.1, 0.15) is 5.82 Å². The van der Waals surface area contributed by atoms with Crippen molar-refractivity contribution in [3.05, 3.63) is 35.7 Å². The zero-order valence-electron chi connectivity index (χ0n) is 9.73. The second-order valence-corrected chi connectivity index (χ2v) is 3.76. The zero-order chi connectivity index (χ0) is 12.3. The van der Waals surface area contributed by atoms with E-state index in [1.807, 2.05) is 13.8 Å². The summed E-state index contributed by atoms with van der Waals surface area (Å²) in [6, 6.07) is 1.37. The van der Waals surface area contributed by atoms with Crippen LogP contribution in [0.4, 0.5) is 0 Å². The van der Waals surface area contributed by atoms with Crippen molar-refractivity contribution < 1.29 is 9.32 Å². The maximum Gasteiger partial charge on any atom is 0.290 e. The third-order valence-corrected chi connectivity index (χ3v) is 2.43. The van der Waals surface area contributed by atoms with Crippen molar-refractivity contribution in [1.82, 2.24) is 20.4 Å². The molecule has 0 aromatic carbocycles. The number of imidazole rings is 1. The predicted molar refractivity (Wildman–Crippen MR) is 60.3 cm³/mol. The van der Waals surface area contributed by atoms with Crippen LogP contribution in [0.2, 0.25) is 0 Å². The van der Waals surface area contributed by atoms with Crippen molar-refractivity contribution >= 4 is 5.91 Å². The lowest BCUT2D eigenvalue weighted by molar-refractivity contribution is 0.0896. The summed E-state index contributed by atoms with van der Waals surface area (Å²) in [5, 5.41) is 6.33. The van der Waals surface area contributed by atoms with Crippen LogP contribution in [0.3, 0.4) is 0 Å². The minimum atomic E-state index is -0.289. The maximum absolute atomic E-state index is 11.8. The molecule has 90 valence electrons. The molecule has 0 spiro atoms. The van der Waals surface area contributed by atoms with Gasteiger partial charge in [-0.15, -0.1) is 0 Å². The largest absolute Gasteiger partial charge is 0.351 e. The molecule has 0 radical (unpaired) electrons. The molecule has 6 nitrogen and oxygen atoms in total. The molecule has 2 aromatic rings. The lowest BCUT2D eigenvalue weighted by Gasteiger charge is -2.13. The minimum absolute atomic E-state index is 0.152. The SMILES string of the molecule is CC[C@H](NC(=O)c1ccno1)c1ncc(C)[nH]1. The third-order valence-electron chi connectivity index (χ3n) is 2.43. The summed E-state index contributed by atoms with van der Waals surface area (Å²) in [5.41, 5.74) is 0.965. The normalized spacial score (nSPS) is 12.4. The van der Waals surface area contributed by atoms with E-state index in [2.05, 4.69) is 20.4 Å². The number of hydrogen-bond donors (Lipinski definition) is 2. The molecule has 17 heavy (non-hydrogen) atoms. The molecule has 0 unspecified atom stereocenters. The average Bonchev–Trinajstić information content (AvgIpc) is 2.96. The molecule has 2 aromatic heterocycles. The molecular weight excluding hydrogens is 220 g/mol. The number of nitrogens with one attached hydrogen (secondary N) is 2. The Balaban J connectivity index is 2.08. The Morgan fingerprint density at radius 1 is 1.65 bits per heavy atom. The summed E-state index contributed by atoms with van der Waals surface area (Å²) in [5.74, 6) is 0.660. The molecule has 0 saturated carbocycles. The van der Waals surface area contributed by atoms with Gasteiger partial charge < -0.3 is 14.8 Å². The van der Waals surface area contributed by atoms with Gasteiger partial charge in [0.2, 0.25) is 5.76 Å². The summed E-state index contributed by atoms with van der Waals surface area (Å²) < 4.78 is 4.79. The van der Waals surface area contributed by atoms with Gasteiger partial charge in [-0.3, -0.25) is 4.79 Å². The Kier molecular flexibility index (Phi) is 3.22. The fourth-order valence-corrected chi connectivity index (χ4v) is 1.54. The summed E-state index contributed by atoms with van der Waals surface area (Å²) in [4.78, 5) is 19.1. The number of aromatic nitrogens is 3. The van der Waals surface area contributed by atoms with E-state index < -0.39 is 0 Å². The van der Waals surface area contributed by atoms with Gasteiger partial charge in [0, 0.05) is 18.0 Å². The highest BCUT2D eigenvalue weighted by Gasteiger charge is 2.18. The third kappa shape index (κ3) is 2.52. The topological polar surface area (TPSA) is 83.8 Å². The number of aryl methyl sites for hydroxylation is 1. The van der Waals surface area contributed by atoms with Crippen molar-refractivity contribution in [3.8, 4) is 0 Å². The van der Waals surface area contributed by atoms with Crippen LogP contribution < -0.4 is 5.32 Å². The van der Waals surface area contributed by atoms with E-state index in [9.17, 15) is 4.79 Å². The fraction of sp³-hybridized carbons (Fsp3) is 0.364. The van der Waals surface area contributed by atoms with Gasteiger partial charge in [-0.25, -0.2) is 4.98 Å². The van der Waals surface area contributed by atoms with Crippen LogP contribution in [0, 0.1) is 6.92 Å². The van der Waals surface area contributed by atoms with Crippen LogP contribution in [0.5, 0.6) is 0 Å². The molecule has 0 aliphatic rings. The van der Waals surface area contributed by atoms with Gasteiger partial charge >= 0.3 is 0 Å². The number of hydrogen-bond acceptors (Lipinski definition) is 4. The Hall–Kier alpha value is -2.11. The van der Waals surface area contributed by atoms with Crippen LogP contribution in [0.1, 0.15) is 41.5 Å². The Labute approximate surface area is 98.4 Å². The number of nitrogens with zero attached hydrogens (tertiary/aromatic N) is 2. The Bertz CT molecular complexity index is 489. The number of carbonyl (C=O) groups excluding carboxylic acids is 1. The number of aromatic amines is 1. The predicted octanol–water partition coefficient (Wildman–Crippen LogP) is 1.59. The quantitative estimate of drug-likeness (QED) is 0.841. The second-order valence-electron chi connectivity index (χ2n) is 3.76. The van der Waals surface area contributed by atoms with E-state index in [4.69, 9.17) is 4.52 Å². The molecule has 2 N–H and O–H groups in total. The van der Waals surface area contributed by atoms with Crippen LogP contribution in [-0.2, 0) is 0 Å². The number of amides is 1. The smallest absolute Gasteiger partial charge is 0.290 e. The first-order valence-corrected chi connectivity index (χ1v) is 5.43. The van der Waals surface area contributed by atoms with Gasteiger partial charge in [0.15, 0.2) is 0 Å². The van der Waals surface area contributed by atoms with E-state index in [0.717, 1.165) is 17.9 Å². The van der Waals surface area contributed by atoms with Gasteiger partial charge in [-0.05, 0) is 13.3 Å². The first-order chi connectivity index (χ1) is 8.20. The summed E-state index contributed by atoms with van der Waals surface area (Å²) in [6.07, 6.45) is 3.92. The number of H-pyrrole nitrogens is 1. The van der Waals surface area contributed by atoms with Gasteiger partial charge in [-0.2, -0.15) is 0 Å². The van der Waals surface area contributed by atoms with Gasteiger partial charge in [0.25, 0.3) is 5.91 Å². The molecule has 2 rings (SSSR count). The Morgan fingerprint density at radius 3 is 3.00 bits per heavy atom. The molecule has 0 bridgehead atoms. The highest BCUT2D eigenvalue weighted by molar-refractivity contribution is 5.91. The monoisotopic (exact) mass is 234 g/mol. The van der Waals surface area contributed by atoms with Crippen LogP contribution in [0.15, 0.2) is 23.0 Å². The van der Waals surface area contributed by atoms with Crippen molar-refractivity contribution in [2.75, 3.05) is 0 Å². The van der Waals surface area contributed by atoms with E-state index in [1.54, 1.807) is 6.20 Å². The summed E-state index contributed by atoms with van der Waals surface area (Å²) in [7, 11) is 0. The zero-order valence-corrected chi connectivity index (χ0v) is 9.73. The van der Waals surface area contributed by atoms with E-state index >= 15 is 0 Å². The van der Waals surface area contributed by atoms with Crippen molar-refractivity contribution in [1.29, 1.82) is 0 Å². The maximum atomic E-state index is 11.8. The average molecular weight is 234 g/mol. The number of rotatable bonds is 4. The molecule has 0 aliphatic carbocycles. The van der Waals surface area contributed by atoms with E-state index in [0.29, 0.717) is 0 Å². The van der Waals surface area contributed by atoms with E-state index in [1.165, 1.54) is 12.3 Å². The van der Waals surface area contributed by atoms with Gasteiger partial charge in [-0.1, -0.05) is 12.1 Å². The molecule has 0 fully saturated rings. The van der Waals surface area contributed by atoms with E-state index in [-0.39, 0.29) is 17.7 Å². The lowest BCUT2D eigenvalue weighted by atomic mass is 10.2. The van der Waals surface area contributed by atoms with Crippen molar-refractivity contribution in [3.63, 3.8) is 0 Å². The highest BCUT2D eigenvalue weighted by atomic mass is 16.5. The van der Waals surface area contributed by atoms with Crippen molar-refractivity contribution in [2.45, 2.75) is 26.3 Å². The first kappa shape index (κ1) is 11.4. The molecule has 1 atom stereocenters. The van der Waals surface area contributed by atoms with Gasteiger partial charge in [0.05, 0.1) is 12.2 Å². The second kappa shape index (κ2) is 4.82. The van der Waals surface area contributed by atoms with Crippen LogP contribution in [0.25, 0.3) is 0 Å². The van der Waals surface area contributed by atoms with Crippen LogP contribution in [-0.4, -0.2) is 21.0 Å². The lowest BCUT2D eigenvalue weighted by Crippen LogP contribution is -2.28. The molecule has 2 heterocycles. The molecule has 0 aliphatic heterocycles. The molecule has 0 saturated heterocycles. The summed E-state index contributed by atoms with van der Waals surface area (Å²) >= 11 is 0. The standard InChI is InChI=1S/C11H14N4O2/c1-3-8(10-12-6-7(2)14-10)15-11(16)9-4-5-13-17-9/h4-6,8H,3H2,1-2H3,(H,12,14)(H,15,16)/t8-/m0/s1. The first-order valence-electron chi connectivity index (χ1n) is 5.43.